The summed E-state index contributed by atoms with van der Waals surface area (Å²) in [5, 5.41) is 18.9. The lowest BCUT2D eigenvalue weighted by atomic mass is 9.89. The zero-order chi connectivity index (χ0) is 15.1. The van der Waals surface area contributed by atoms with Crippen LogP contribution in [-0.2, 0) is 9.84 Å². The number of β-amino-alcohol motifs (C(OH)–C–C–N with tert-alkyl or cyclic N) is 1. The van der Waals surface area contributed by atoms with Gasteiger partial charge < -0.3 is 5.11 Å². The van der Waals surface area contributed by atoms with Crippen molar-refractivity contribution in [3.05, 3.63) is 29.8 Å². The van der Waals surface area contributed by atoms with Gasteiger partial charge in [0.1, 0.15) is 0 Å². The van der Waals surface area contributed by atoms with Crippen LogP contribution in [0, 0.1) is 17.2 Å². The molecule has 1 N–H and O–H groups in total. The zero-order valence-corrected chi connectivity index (χ0v) is 12.5. The number of rotatable bonds is 5. The Morgan fingerprint density at radius 3 is 2.43 bits per heavy atom. The van der Waals surface area contributed by atoms with Crippen LogP contribution in [0.25, 0.3) is 0 Å². The van der Waals surface area contributed by atoms with Crippen molar-refractivity contribution in [2.75, 3.05) is 25.4 Å². The van der Waals surface area contributed by atoms with E-state index < -0.39 is 15.4 Å². The standard InChI is InChI=1S/C15H18N2O3S/c16-9-12-1-5-14(6-2-12)21(19,20)8-7-17-10-15(18,11-17)13-3-4-13/h1-2,5-6,13,18H,3-4,7-8,10-11H2. The molecule has 1 saturated carbocycles. The van der Waals surface area contributed by atoms with E-state index in [1.54, 1.807) is 0 Å². The number of likely N-dealkylation sites (tertiary alicyclic amines) is 1. The summed E-state index contributed by atoms with van der Waals surface area (Å²) in [6, 6.07) is 7.95. The van der Waals surface area contributed by atoms with Gasteiger partial charge in [0.2, 0.25) is 0 Å². The van der Waals surface area contributed by atoms with Gasteiger partial charge in [-0.05, 0) is 43.0 Å². The average molecular weight is 306 g/mol. The highest BCUT2D eigenvalue weighted by atomic mass is 32.2. The van der Waals surface area contributed by atoms with Gasteiger partial charge in [0.05, 0.1) is 27.9 Å². The zero-order valence-electron chi connectivity index (χ0n) is 11.7. The Labute approximate surface area is 124 Å². The fourth-order valence-electron chi connectivity index (χ4n) is 2.87. The monoisotopic (exact) mass is 306 g/mol. The van der Waals surface area contributed by atoms with Gasteiger partial charge in [-0.15, -0.1) is 0 Å². The molecule has 5 nitrogen and oxygen atoms in total. The molecule has 2 fully saturated rings. The van der Waals surface area contributed by atoms with Crippen molar-refractivity contribution in [3.8, 4) is 6.07 Å². The minimum Gasteiger partial charge on any atom is -0.387 e. The van der Waals surface area contributed by atoms with E-state index in [9.17, 15) is 13.5 Å². The number of hydrogen-bond acceptors (Lipinski definition) is 5. The minimum atomic E-state index is -3.33. The predicted molar refractivity (Wildman–Crippen MR) is 77.3 cm³/mol. The summed E-state index contributed by atoms with van der Waals surface area (Å²) in [5.74, 6) is 0.462. The lowest BCUT2D eigenvalue weighted by Crippen LogP contribution is -2.63. The van der Waals surface area contributed by atoms with Gasteiger partial charge in [0.25, 0.3) is 0 Å². The van der Waals surface area contributed by atoms with Crippen LogP contribution in [0.2, 0.25) is 0 Å². The first kappa shape index (κ1) is 14.5. The van der Waals surface area contributed by atoms with Gasteiger partial charge >= 0.3 is 0 Å². The topological polar surface area (TPSA) is 81.4 Å². The van der Waals surface area contributed by atoms with E-state index >= 15 is 0 Å². The smallest absolute Gasteiger partial charge is 0.179 e. The fraction of sp³-hybridized carbons (Fsp3) is 0.533. The Hall–Kier alpha value is -1.42. The molecule has 1 heterocycles. The molecule has 0 atom stereocenters. The van der Waals surface area contributed by atoms with Gasteiger partial charge in [-0.1, -0.05) is 0 Å². The quantitative estimate of drug-likeness (QED) is 0.870. The van der Waals surface area contributed by atoms with E-state index in [-0.39, 0.29) is 10.6 Å². The second-order valence-electron chi connectivity index (χ2n) is 6.04. The average Bonchev–Trinajstić information content (AvgIpc) is 3.27. The molecule has 1 aliphatic heterocycles. The van der Waals surface area contributed by atoms with E-state index in [1.165, 1.54) is 24.3 Å². The van der Waals surface area contributed by atoms with Gasteiger partial charge in [-0.25, -0.2) is 8.42 Å². The maximum absolute atomic E-state index is 12.2. The van der Waals surface area contributed by atoms with Gasteiger partial charge in [0, 0.05) is 19.6 Å². The highest BCUT2D eigenvalue weighted by Crippen LogP contribution is 2.44. The van der Waals surface area contributed by atoms with Crippen LogP contribution in [0.5, 0.6) is 0 Å². The number of nitriles is 1. The molecule has 6 heteroatoms. The summed E-state index contributed by atoms with van der Waals surface area (Å²) >= 11 is 0. The Morgan fingerprint density at radius 2 is 1.90 bits per heavy atom. The normalized spacial score (nSPS) is 21.5. The van der Waals surface area contributed by atoms with Crippen LogP contribution in [0.1, 0.15) is 18.4 Å². The van der Waals surface area contributed by atoms with Crippen molar-refractivity contribution < 1.29 is 13.5 Å². The van der Waals surface area contributed by atoms with E-state index in [4.69, 9.17) is 5.26 Å². The van der Waals surface area contributed by atoms with Crippen molar-refractivity contribution in [3.63, 3.8) is 0 Å². The molecule has 0 spiro atoms. The third-order valence-electron chi connectivity index (χ3n) is 4.35. The molecule has 1 aliphatic carbocycles. The number of sulfone groups is 1. The van der Waals surface area contributed by atoms with Gasteiger partial charge in [-0.2, -0.15) is 5.26 Å². The minimum absolute atomic E-state index is 0.0413. The van der Waals surface area contributed by atoms with Crippen molar-refractivity contribution in [1.29, 1.82) is 5.26 Å². The van der Waals surface area contributed by atoms with Crippen LogP contribution in [0.15, 0.2) is 29.2 Å². The fourth-order valence-corrected chi connectivity index (χ4v) is 4.15. The Morgan fingerprint density at radius 1 is 1.29 bits per heavy atom. The molecule has 0 amide bonds. The molecule has 21 heavy (non-hydrogen) atoms. The molecule has 2 aliphatic rings. The van der Waals surface area contributed by atoms with Gasteiger partial charge in [0.15, 0.2) is 9.84 Å². The Balaban J connectivity index is 1.55. The van der Waals surface area contributed by atoms with E-state index in [0.717, 1.165) is 12.8 Å². The van der Waals surface area contributed by atoms with Crippen molar-refractivity contribution in [2.24, 2.45) is 5.92 Å². The lowest BCUT2D eigenvalue weighted by molar-refractivity contribution is -0.110. The summed E-state index contributed by atoms with van der Waals surface area (Å²) < 4.78 is 24.4. The molecule has 1 aromatic rings. The molecule has 1 saturated heterocycles. The lowest BCUT2D eigenvalue weighted by Gasteiger charge is -2.47. The molecule has 0 unspecified atom stereocenters. The molecule has 0 aromatic heterocycles. The third kappa shape index (κ3) is 2.95. The van der Waals surface area contributed by atoms with Crippen molar-refractivity contribution in [2.45, 2.75) is 23.3 Å². The first-order valence-corrected chi connectivity index (χ1v) is 8.76. The van der Waals surface area contributed by atoms with Crippen LogP contribution >= 0.6 is 0 Å². The molecular formula is C15H18N2O3S. The number of aliphatic hydroxyl groups is 1. The molecule has 0 radical (unpaired) electrons. The van der Waals surface area contributed by atoms with Gasteiger partial charge in [-0.3, -0.25) is 4.90 Å². The number of hydrogen-bond donors (Lipinski definition) is 1. The number of benzene rings is 1. The summed E-state index contributed by atoms with van der Waals surface area (Å²) in [6.45, 7) is 1.61. The summed E-state index contributed by atoms with van der Waals surface area (Å²) in [4.78, 5) is 2.24. The highest BCUT2D eigenvalue weighted by molar-refractivity contribution is 7.91. The summed E-state index contributed by atoms with van der Waals surface area (Å²) in [7, 11) is -3.33. The van der Waals surface area contributed by atoms with E-state index in [0.29, 0.717) is 31.1 Å². The molecule has 1 aromatic carbocycles. The van der Waals surface area contributed by atoms with Crippen LogP contribution in [-0.4, -0.2) is 49.4 Å². The van der Waals surface area contributed by atoms with Crippen LogP contribution in [0.4, 0.5) is 0 Å². The molecule has 0 bridgehead atoms. The Kier molecular flexibility index (Phi) is 3.52. The number of nitrogens with zero attached hydrogens (tertiary/aromatic N) is 2. The highest BCUT2D eigenvalue weighted by Gasteiger charge is 2.51. The van der Waals surface area contributed by atoms with Crippen molar-refractivity contribution in [1.82, 2.24) is 4.90 Å². The van der Waals surface area contributed by atoms with E-state index in [1.807, 2.05) is 11.0 Å². The van der Waals surface area contributed by atoms with Crippen LogP contribution < -0.4 is 0 Å². The third-order valence-corrected chi connectivity index (χ3v) is 6.06. The SMILES string of the molecule is N#Cc1ccc(S(=O)(=O)CCN2CC(O)(C3CC3)C2)cc1. The maximum Gasteiger partial charge on any atom is 0.179 e. The molecular weight excluding hydrogens is 288 g/mol. The largest absolute Gasteiger partial charge is 0.387 e. The molecule has 112 valence electrons. The molecule has 3 rings (SSSR count). The van der Waals surface area contributed by atoms with Crippen LogP contribution in [0.3, 0.4) is 0 Å². The van der Waals surface area contributed by atoms with E-state index in [2.05, 4.69) is 0 Å². The second-order valence-corrected chi connectivity index (χ2v) is 8.15. The maximum atomic E-state index is 12.2. The second kappa shape index (κ2) is 5.09. The first-order valence-electron chi connectivity index (χ1n) is 7.11. The Bertz CT molecular complexity index is 666. The predicted octanol–water partition coefficient (Wildman–Crippen LogP) is 0.789. The summed E-state index contributed by atoms with van der Waals surface area (Å²) in [5.41, 5.74) is -0.121. The first-order chi connectivity index (χ1) is 9.93. The summed E-state index contributed by atoms with van der Waals surface area (Å²) in [6.07, 6.45) is 2.18. The van der Waals surface area contributed by atoms with Crippen molar-refractivity contribution >= 4 is 9.84 Å².